The van der Waals surface area contributed by atoms with Gasteiger partial charge in [-0.25, -0.2) is 4.79 Å². The third-order valence-corrected chi connectivity index (χ3v) is 3.44. The number of carboxylic acid groups (broad SMARTS) is 1. The van der Waals surface area contributed by atoms with E-state index in [1.54, 1.807) is 12.1 Å². The van der Waals surface area contributed by atoms with Crippen molar-refractivity contribution < 1.29 is 9.90 Å². The van der Waals surface area contributed by atoms with E-state index in [1.165, 1.54) is 0 Å². The average molecular weight is 278 g/mol. The second-order valence-electron chi connectivity index (χ2n) is 5.56. The van der Waals surface area contributed by atoms with Crippen molar-refractivity contribution in [1.82, 2.24) is 10.2 Å². The molecule has 0 saturated heterocycles. The molecular weight excluding hydrogens is 252 g/mol. The van der Waals surface area contributed by atoms with Gasteiger partial charge in [0.25, 0.3) is 0 Å². The van der Waals surface area contributed by atoms with Crippen molar-refractivity contribution in [1.29, 1.82) is 0 Å². The van der Waals surface area contributed by atoms with Gasteiger partial charge >= 0.3 is 5.97 Å². The van der Waals surface area contributed by atoms with Crippen molar-refractivity contribution in [2.75, 3.05) is 13.1 Å². The van der Waals surface area contributed by atoms with Crippen LogP contribution in [-0.4, -0.2) is 41.1 Å². The summed E-state index contributed by atoms with van der Waals surface area (Å²) in [5.74, 6) is -0.867. The maximum Gasteiger partial charge on any atom is 0.336 e. The van der Waals surface area contributed by atoms with Crippen LogP contribution in [0.15, 0.2) is 24.3 Å². The van der Waals surface area contributed by atoms with Crippen molar-refractivity contribution in [3.05, 3.63) is 35.4 Å². The number of aromatic carboxylic acids is 1. The number of rotatable bonds is 8. The van der Waals surface area contributed by atoms with Gasteiger partial charge in [-0.2, -0.15) is 0 Å². The molecule has 0 spiro atoms. The Morgan fingerprint density at radius 2 is 1.80 bits per heavy atom. The summed E-state index contributed by atoms with van der Waals surface area (Å²) in [5, 5.41) is 12.5. The monoisotopic (exact) mass is 278 g/mol. The van der Waals surface area contributed by atoms with E-state index in [-0.39, 0.29) is 0 Å². The quantitative estimate of drug-likeness (QED) is 0.718. The van der Waals surface area contributed by atoms with E-state index in [0.717, 1.165) is 18.7 Å². The predicted octanol–water partition coefficient (Wildman–Crippen LogP) is 2.59. The molecule has 1 aromatic carbocycles. The van der Waals surface area contributed by atoms with Crippen molar-refractivity contribution in [3.63, 3.8) is 0 Å². The van der Waals surface area contributed by atoms with Crippen LogP contribution in [0, 0.1) is 0 Å². The fourth-order valence-corrected chi connectivity index (χ4v) is 2.43. The van der Waals surface area contributed by atoms with Gasteiger partial charge in [-0.05, 0) is 39.3 Å². The molecule has 112 valence electrons. The molecule has 0 bridgehead atoms. The van der Waals surface area contributed by atoms with Gasteiger partial charge in [0.15, 0.2) is 0 Å². The van der Waals surface area contributed by atoms with Gasteiger partial charge in [0.2, 0.25) is 0 Å². The number of carboxylic acids is 1. The van der Waals surface area contributed by atoms with Crippen LogP contribution in [0.2, 0.25) is 0 Å². The summed E-state index contributed by atoms with van der Waals surface area (Å²) in [5.41, 5.74) is 1.21. The van der Waals surface area contributed by atoms with E-state index >= 15 is 0 Å². The second-order valence-corrected chi connectivity index (χ2v) is 5.56. The first kappa shape index (κ1) is 16.7. The summed E-state index contributed by atoms with van der Waals surface area (Å²) in [6.45, 7) is 11.2. The maximum atomic E-state index is 11.1. The van der Waals surface area contributed by atoms with Crippen LogP contribution < -0.4 is 5.32 Å². The van der Waals surface area contributed by atoms with E-state index in [2.05, 4.69) is 37.9 Å². The van der Waals surface area contributed by atoms with Gasteiger partial charge in [0.05, 0.1) is 5.56 Å². The first-order valence-corrected chi connectivity index (χ1v) is 7.21. The molecule has 0 unspecified atom stereocenters. The summed E-state index contributed by atoms with van der Waals surface area (Å²) in [6.07, 6.45) is 0. The van der Waals surface area contributed by atoms with Gasteiger partial charge in [-0.3, -0.25) is 4.90 Å². The first-order chi connectivity index (χ1) is 9.43. The number of hydrogen-bond acceptors (Lipinski definition) is 3. The topological polar surface area (TPSA) is 52.6 Å². The number of carbonyl (C=O) groups is 1. The predicted molar refractivity (Wildman–Crippen MR) is 82.1 cm³/mol. The van der Waals surface area contributed by atoms with Crippen LogP contribution in [0.25, 0.3) is 0 Å². The average Bonchev–Trinajstić information content (AvgIpc) is 2.37. The fraction of sp³-hybridized carbons (Fsp3) is 0.562. The summed E-state index contributed by atoms with van der Waals surface area (Å²) in [4.78, 5) is 13.5. The van der Waals surface area contributed by atoms with E-state index in [4.69, 9.17) is 5.11 Å². The number of nitrogens with one attached hydrogen (secondary N) is 1. The molecule has 1 aromatic rings. The number of benzene rings is 1. The molecule has 0 aromatic heterocycles. The third kappa shape index (κ3) is 4.94. The van der Waals surface area contributed by atoms with Crippen molar-refractivity contribution in [2.24, 2.45) is 0 Å². The highest BCUT2D eigenvalue weighted by atomic mass is 16.4. The largest absolute Gasteiger partial charge is 0.478 e. The minimum absolute atomic E-state index is 0.379. The highest BCUT2D eigenvalue weighted by Gasteiger charge is 2.13. The van der Waals surface area contributed by atoms with Crippen LogP contribution in [0.4, 0.5) is 0 Å². The Balaban J connectivity index is 2.47. The van der Waals surface area contributed by atoms with Gasteiger partial charge in [-0.1, -0.05) is 18.2 Å². The SMILES string of the molecule is CC(C)N(CCNCc1ccccc1C(=O)O)C(C)C. The van der Waals surface area contributed by atoms with E-state index in [1.807, 2.05) is 12.1 Å². The zero-order valence-electron chi connectivity index (χ0n) is 12.9. The fourth-order valence-electron chi connectivity index (χ4n) is 2.43. The van der Waals surface area contributed by atoms with Crippen LogP contribution in [0.5, 0.6) is 0 Å². The van der Waals surface area contributed by atoms with E-state index < -0.39 is 5.97 Å². The zero-order valence-corrected chi connectivity index (χ0v) is 12.9. The smallest absolute Gasteiger partial charge is 0.336 e. The highest BCUT2D eigenvalue weighted by molar-refractivity contribution is 5.89. The lowest BCUT2D eigenvalue weighted by atomic mass is 10.1. The Kier molecular flexibility index (Phi) is 6.68. The highest BCUT2D eigenvalue weighted by Crippen LogP contribution is 2.08. The normalized spacial score (nSPS) is 11.6. The molecule has 4 heteroatoms. The minimum Gasteiger partial charge on any atom is -0.478 e. The Hall–Kier alpha value is -1.39. The van der Waals surface area contributed by atoms with Gasteiger partial charge < -0.3 is 10.4 Å². The molecule has 0 amide bonds. The minimum atomic E-state index is -0.867. The summed E-state index contributed by atoms with van der Waals surface area (Å²) < 4.78 is 0. The van der Waals surface area contributed by atoms with Crippen LogP contribution in [-0.2, 0) is 6.54 Å². The molecular formula is C16H26N2O2. The second kappa shape index (κ2) is 8.02. The molecule has 2 N–H and O–H groups in total. The Morgan fingerprint density at radius 1 is 1.20 bits per heavy atom. The van der Waals surface area contributed by atoms with E-state index in [9.17, 15) is 4.79 Å². The lowest BCUT2D eigenvalue weighted by molar-refractivity contribution is 0.0695. The molecule has 0 aliphatic rings. The summed E-state index contributed by atoms with van der Waals surface area (Å²) >= 11 is 0. The first-order valence-electron chi connectivity index (χ1n) is 7.21. The lowest BCUT2D eigenvalue weighted by Gasteiger charge is -2.30. The van der Waals surface area contributed by atoms with Gasteiger partial charge in [0.1, 0.15) is 0 Å². The molecule has 1 rings (SSSR count). The Bertz CT molecular complexity index is 422. The Labute approximate surface area is 121 Å². The van der Waals surface area contributed by atoms with Crippen LogP contribution >= 0.6 is 0 Å². The third-order valence-electron chi connectivity index (χ3n) is 3.44. The molecule has 0 saturated carbocycles. The van der Waals surface area contributed by atoms with Crippen molar-refractivity contribution in [2.45, 2.75) is 46.3 Å². The summed E-state index contributed by atoms with van der Waals surface area (Å²) in [7, 11) is 0. The molecule has 0 heterocycles. The van der Waals surface area contributed by atoms with E-state index in [0.29, 0.717) is 24.2 Å². The van der Waals surface area contributed by atoms with Crippen LogP contribution in [0.3, 0.4) is 0 Å². The molecule has 0 atom stereocenters. The summed E-state index contributed by atoms with van der Waals surface area (Å²) in [6, 6.07) is 8.17. The van der Waals surface area contributed by atoms with Crippen LogP contribution in [0.1, 0.15) is 43.6 Å². The molecule has 20 heavy (non-hydrogen) atoms. The standard InChI is InChI=1S/C16H26N2O2/c1-12(2)18(13(3)4)10-9-17-11-14-7-5-6-8-15(14)16(19)20/h5-8,12-13,17H,9-11H2,1-4H3,(H,19,20). The van der Waals surface area contributed by atoms with Gasteiger partial charge in [0, 0.05) is 31.7 Å². The van der Waals surface area contributed by atoms with Crippen molar-refractivity contribution in [3.8, 4) is 0 Å². The maximum absolute atomic E-state index is 11.1. The number of hydrogen-bond donors (Lipinski definition) is 2. The molecule has 0 aliphatic carbocycles. The lowest BCUT2D eigenvalue weighted by Crippen LogP contribution is -2.41. The van der Waals surface area contributed by atoms with Crippen molar-refractivity contribution >= 4 is 5.97 Å². The van der Waals surface area contributed by atoms with Gasteiger partial charge in [-0.15, -0.1) is 0 Å². The zero-order chi connectivity index (χ0) is 15.1. The molecule has 4 nitrogen and oxygen atoms in total. The molecule has 0 radical (unpaired) electrons. The molecule has 0 aliphatic heterocycles. The Morgan fingerprint density at radius 3 is 2.35 bits per heavy atom. The number of nitrogens with zero attached hydrogens (tertiary/aromatic N) is 1. The molecule has 0 fully saturated rings.